The fourth-order valence-electron chi connectivity index (χ4n) is 1.93. The second-order valence-electron chi connectivity index (χ2n) is 4.18. The van der Waals surface area contributed by atoms with E-state index in [9.17, 15) is 4.79 Å². The summed E-state index contributed by atoms with van der Waals surface area (Å²) in [6, 6.07) is 0. The minimum Gasteiger partial charge on any atom is -0.371 e. The number of carbonyl (C=O) groups is 1. The van der Waals surface area contributed by atoms with Crippen LogP contribution >= 0.6 is 11.6 Å². The number of aromatic nitrogens is 2. The van der Waals surface area contributed by atoms with Gasteiger partial charge in [0.1, 0.15) is 6.10 Å². The van der Waals surface area contributed by atoms with E-state index in [1.165, 1.54) is 0 Å². The van der Waals surface area contributed by atoms with Crippen molar-refractivity contribution in [3.8, 4) is 0 Å². The number of aryl methyl sites for hydroxylation is 2. The van der Waals surface area contributed by atoms with Crippen molar-refractivity contribution in [2.24, 2.45) is 7.05 Å². The number of nitrogens with zero attached hydrogens (tertiary/aromatic N) is 2. The van der Waals surface area contributed by atoms with E-state index in [-0.39, 0.29) is 18.3 Å². The summed E-state index contributed by atoms with van der Waals surface area (Å²) in [6.07, 6.45) is 1.39. The summed E-state index contributed by atoms with van der Waals surface area (Å²) in [7, 11) is 1.81. The van der Waals surface area contributed by atoms with Gasteiger partial charge in [0.05, 0.1) is 22.8 Å². The van der Waals surface area contributed by atoms with E-state index in [0.717, 1.165) is 17.8 Å². The molecule has 1 atom stereocenters. The van der Waals surface area contributed by atoms with Gasteiger partial charge in [-0.1, -0.05) is 25.4 Å². The van der Waals surface area contributed by atoms with Gasteiger partial charge in [0.25, 0.3) is 0 Å². The quantitative estimate of drug-likeness (QED) is 0.766. The highest BCUT2D eigenvalue weighted by molar-refractivity contribution is 6.32. The molecule has 102 valence electrons. The van der Waals surface area contributed by atoms with E-state index in [0.29, 0.717) is 18.1 Å². The molecule has 1 aromatic rings. The predicted molar refractivity (Wildman–Crippen MR) is 72.0 cm³/mol. The van der Waals surface area contributed by atoms with E-state index in [1.54, 1.807) is 4.68 Å². The maximum Gasteiger partial charge on any atom is 0.167 e. The van der Waals surface area contributed by atoms with Crippen LogP contribution in [0.3, 0.4) is 0 Å². The Kier molecular flexibility index (Phi) is 5.82. The predicted octanol–water partition coefficient (Wildman–Crippen LogP) is 2.56. The first-order valence-corrected chi connectivity index (χ1v) is 6.77. The van der Waals surface area contributed by atoms with Gasteiger partial charge >= 0.3 is 0 Å². The van der Waals surface area contributed by atoms with E-state index in [1.807, 2.05) is 27.8 Å². The van der Waals surface area contributed by atoms with Gasteiger partial charge < -0.3 is 4.74 Å². The minimum absolute atomic E-state index is 0.0619. The van der Waals surface area contributed by atoms with Gasteiger partial charge in [0.15, 0.2) is 5.78 Å². The summed E-state index contributed by atoms with van der Waals surface area (Å²) >= 11 is 6.22. The molecule has 0 fully saturated rings. The number of hydrogen-bond acceptors (Lipinski definition) is 3. The molecule has 1 aromatic heterocycles. The Morgan fingerprint density at radius 3 is 2.56 bits per heavy atom. The van der Waals surface area contributed by atoms with E-state index in [4.69, 9.17) is 16.3 Å². The van der Waals surface area contributed by atoms with Crippen LogP contribution in [-0.2, 0) is 29.4 Å². The topological polar surface area (TPSA) is 44.1 Å². The molecule has 5 heteroatoms. The molecule has 0 saturated carbocycles. The van der Waals surface area contributed by atoms with Crippen LogP contribution < -0.4 is 0 Å². The SMILES string of the molecule is CCOC(CC)C(=O)Cc1c(Cl)c(CC)nn1C. The number of Topliss-reactive ketones (excluding diaryl/α,β-unsaturated/α-hetero) is 1. The Morgan fingerprint density at radius 2 is 2.11 bits per heavy atom. The molecule has 1 heterocycles. The summed E-state index contributed by atoms with van der Waals surface area (Å²) in [5, 5.41) is 4.92. The van der Waals surface area contributed by atoms with Gasteiger partial charge in [-0.05, 0) is 19.8 Å². The third-order valence-corrected chi connectivity index (χ3v) is 3.38. The molecule has 0 aliphatic carbocycles. The second kappa shape index (κ2) is 6.90. The molecule has 0 saturated heterocycles. The Bertz CT molecular complexity index is 415. The first-order chi connectivity index (χ1) is 8.54. The number of rotatable bonds is 7. The standard InChI is InChI=1S/C13H21ClN2O2/c1-5-9-13(14)10(16(4)15-9)8-11(17)12(6-2)18-7-3/h12H,5-8H2,1-4H3. The number of hydrogen-bond donors (Lipinski definition) is 0. The molecule has 0 amide bonds. The van der Waals surface area contributed by atoms with E-state index >= 15 is 0 Å². The molecule has 1 unspecified atom stereocenters. The molecule has 0 bridgehead atoms. The van der Waals surface area contributed by atoms with Crippen molar-refractivity contribution in [2.45, 2.75) is 46.1 Å². The molecular weight excluding hydrogens is 252 g/mol. The Morgan fingerprint density at radius 1 is 1.44 bits per heavy atom. The first kappa shape index (κ1) is 15.2. The largest absolute Gasteiger partial charge is 0.371 e. The number of ketones is 1. The molecule has 18 heavy (non-hydrogen) atoms. The van der Waals surface area contributed by atoms with Crippen LogP contribution in [0.2, 0.25) is 5.02 Å². The zero-order chi connectivity index (χ0) is 13.7. The van der Waals surface area contributed by atoms with Gasteiger partial charge in [0.2, 0.25) is 0 Å². The average Bonchev–Trinajstić information content (AvgIpc) is 2.63. The van der Waals surface area contributed by atoms with Crippen LogP contribution in [0.5, 0.6) is 0 Å². The average molecular weight is 273 g/mol. The zero-order valence-electron chi connectivity index (χ0n) is 11.5. The monoisotopic (exact) mass is 272 g/mol. The fraction of sp³-hybridized carbons (Fsp3) is 0.692. The van der Waals surface area contributed by atoms with Crippen molar-refractivity contribution in [1.29, 1.82) is 0 Å². The molecule has 0 aliphatic heterocycles. The Hall–Kier alpha value is -0.870. The smallest absolute Gasteiger partial charge is 0.167 e. The van der Waals surface area contributed by atoms with Crippen LogP contribution in [0.4, 0.5) is 0 Å². The lowest BCUT2D eigenvalue weighted by molar-refractivity contribution is -0.129. The zero-order valence-corrected chi connectivity index (χ0v) is 12.3. The minimum atomic E-state index is -0.342. The molecule has 0 spiro atoms. The van der Waals surface area contributed by atoms with E-state index in [2.05, 4.69) is 5.10 Å². The highest BCUT2D eigenvalue weighted by Crippen LogP contribution is 2.22. The number of carbonyl (C=O) groups excluding carboxylic acids is 1. The maximum absolute atomic E-state index is 12.1. The first-order valence-electron chi connectivity index (χ1n) is 6.39. The third-order valence-electron chi connectivity index (χ3n) is 2.94. The fourth-order valence-corrected chi connectivity index (χ4v) is 2.29. The van der Waals surface area contributed by atoms with Crippen molar-refractivity contribution in [1.82, 2.24) is 9.78 Å². The van der Waals surface area contributed by atoms with Crippen molar-refractivity contribution in [2.75, 3.05) is 6.61 Å². The van der Waals surface area contributed by atoms with Crippen molar-refractivity contribution < 1.29 is 9.53 Å². The van der Waals surface area contributed by atoms with Gasteiger partial charge in [-0.3, -0.25) is 9.48 Å². The molecule has 0 aromatic carbocycles. The maximum atomic E-state index is 12.1. The third kappa shape index (κ3) is 3.33. The lowest BCUT2D eigenvalue weighted by atomic mass is 10.1. The van der Waals surface area contributed by atoms with Crippen LogP contribution in [0.1, 0.15) is 38.6 Å². The summed E-state index contributed by atoms with van der Waals surface area (Å²) < 4.78 is 7.11. The molecule has 4 nitrogen and oxygen atoms in total. The number of halogens is 1. The van der Waals surface area contributed by atoms with Crippen molar-refractivity contribution >= 4 is 17.4 Å². The Balaban J connectivity index is 2.84. The van der Waals surface area contributed by atoms with Gasteiger partial charge in [0, 0.05) is 13.7 Å². The lowest BCUT2D eigenvalue weighted by Crippen LogP contribution is -2.26. The summed E-state index contributed by atoms with van der Waals surface area (Å²) in [5.41, 5.74) is 1.61. The molecule has 0 radical (unpaired) electrons. The Labute approximate surface area is 113 Å². The van der Waals surface area contributed by atoms with Crippen LogP contribution in [0.15, 0.2) is 0 Å². The summed E-state index contributed by atoms with van der Waals surface area (Å²) in [6.45, 7) is 6.38. The van der Waals surface area contributed by atoms with Gasteiger partial charge in [-0.15, -0.1) is 0 Å². The highest BCUT2D eigenvalue weighted by Gasteiger charge is 2.21. The molecule has 0 aliphatic rings. The molecular formula is C13H21ClN2O2. The van der Waals surface area contributed by atoms with E-state index < -0.39 is 0 Å². The molecule has 0 N–H and O–H groups in total. The van der Waals surface area contributed by atoms with Crippen molar-refractivity contribution in [3.63, 3.8) is 0 Å². The van der Waals surface area contributed by atoms with Crippen LogP contribution in [0.25, 0.3) is 0 Å². The van der Waals surface area contributed by atoms with Crippen molar-refractivity contribution in [3.05, 3.63) is 16.4 Å². The molecule has 1 rings (SSSR count). The summed E-state index contributed by atoms with van der Waals surface area (Å²) in [5.74, 6) is 0.0619. The van der Waals surface area contributed by atoms with Gasteiger partial charge in [-0.2, -0.15) is 5.10 Å². The normalized spacial score (nSPS) is 12.7. The number of ether oxygens (including phenoxy) is 1. The van der Waals surface area contributed by atoms with Gasteiger partial charge in [-0.25, -0.2) is 0 Å². The second-order valence-corrected chi connectivity index (χ2v) is 4.56. The summed E-state index contributed by atoms with van der Waals surface area (Å²) in [4.78, 5) is 12.1. The van der Waals surface area contributed by atoms with Crippen LogP contribution in [-0.4, -0.2) is 28.3 Å². The highest BCUT2D eigenvalue weighted by atomic mass is 35.5. The van der Waals surface area contributed by atoms with Crippen LogP contribution in [0, 0.1) is 0 Å². The lowest BCUT2D eigenvalue weighted by Gasteiger charge is -2.13.